The Balaban J connectivity index is 1.94. The molecule has 0 fully saturated rings. The largest absolute Gasteiger partial charge is 0.481 e. The highest BCUT2D eigenvalue weighted by atomic mass is 16.4. The van der Waals surface area contributed by atoms with Crippen molar-refractivity contribution in [3.63, 3.8) is 0 Å². The Morgan fingerprint density at radius 3 is 2.54 bits per heavy atom. The molecule has 0 spiro atoms. The van der Waals surface area contributed by atoms with E-state index < -0.39 is 5.97 Å². The maximum Gasteiger partial charge on any atom is 0.303 e. The molecular formula is C17H18N2O5. The second kappa shape index (κ2) is 8.52. The van der Waals surface area contributed by atoms with Crippen LogP contribution in [0.1, 0.15) is 35.4 Å². The fourth-order valence-electron chi connectivity index (χ4n) is 2.08. The zero-order valence-electron chi connectivity index (χ0n) is 13.0. The summed E-state index contributed by atoms with van der Waals surface area (Å²) in [5.74, 6) is -0.991. The van der Waals surface area contributed by atoms with E-state index in [1.54, 1.807) is 36.4 Å². The molecule has 2 aromatic rings. The van der Waals surface area contributed by atoms with Gasteiger partial charge in [-0.25, -0.2) is 0 Å². The van der Waals surface area contributed by atoms with Crippen LogP contribution in [-0.2, 0) is 16.1 Å². The van der Waals surface area contributed by atoms with E-state index in [0.29, 0.717) is 17.0 Å². The zero-order valence-corrected chi connectivity index (χ0v) is 13.0. The number of benzene rings is 1. The Kier molecular flexibility index (Phi) is 6.13. The summed E-state index contributed by atoms with van der Waals surface area (Å²) in [5.41, 5.74) is 0.713. The van der Waals surface area contributed by atoms with E-state index in [4.69, 9.17) is 9.52 Å². The smallest absolute Gasteiger partial charge is 0.303 e. The van der Waals surface area contributed by atoms with Crippen LogP contribution in [0.2, 0.25) is 0 Å². The van der Waals surface area contributed by atoms with Crippen LogP contribution in [0.15, 0.2) is 47.1 Å². The molecule has 1 aromatic heterocycles. The lowest BCUT2D eigenvalue weighted by Gasteiger charge is -2.11. The number of carboxylic acids is 1. The van der Waals surface area contributed by atoms with E-state index in [1.807, 2.05) is 0 Å². The highest BCUT2D eigenvalue weighted by Crippen LogP contribution is 2.16. The number of para-hydroxylation sites is 1. The van der Waals surface area contributed by atoms with Crippen molar-refractivity contribution >= 4 is 23.5 Å². The Morgan fingerprint density at radius 1 is 1.04 bits per heavy atom. The van der Waals surface area contributed by atoms with Gasteiger partial charge in [-0.1, -0.05) is 12.1 Å². The fraction of sp³-hybridized carbons (Fsp3) is 0.235. The number of carboxylic acid groups (broad SMARTS) is 1. The predicted molar refractivity (Wildman–Crippen MR) is 86.4 cm³/mol. The van der Waals surface area contributed by atoms with Gasteiger partial charge in [0.15, 0.2) is 0 Å². The third-order valence-electron chi connectivity index (χ3n) is 3.24. The Morgan fingerprint density at radius 2 is 1.83 bits per heavy atom. The highest BCUT2D eigenvalue weighted by Gasteiger charge is 2.13. The van der Waals surface area contributed by atoms with E-state index in [1.165, 1.54) is 6.26 Å². The van der Waals surface area contributed by atoms with Crippen LogP contribution in [0.5, 0.6) is 0 Å². The normalized spacial score (nSPS) is 10.2. The lowest BCUT2D eigenvalue weighted by atomic mass is 10.1. The van der Waals surface area contributed by atoms with Crippen LogP contribution in [0, 0.1) is 0 Å². The van der Waals surface area contributed by atoms with Gasteiger partial charge < -0.3 is 20.2 Å². The van der Waals surface area contributed by atoms with Crippen molar-refractivity contribution in [3.8, 4) is 0 Å². The van der Waals surface area contributed by atoms with Crippen molar-refractivity contribution in [2.24, 2.45) is 0 Å². The average Bonchev–Trinajstić information content (AvgIpc) is 3.06. The number of nitrogens with one attached hydrogen (secondary N) is 2. The number of hydrogen-bond donors (Lipinski definition) is 3. The molecule has 3 N–H and O–H groups in total. The summed E-state index contributed by atoms with van der Waals surface area (Å²) in [5, 5.41) is 13.9. The van der Waals surface area contributed by atoms with Gasteiger partial charge in [0.25, 0.3) is 5.91 Å². The molecule has 7 heteroatoms. The summed E-state index contributed by atoms with van der Waals surface area (Å²) in [7, 11) is 0. The summed E-state index contributed by atoms with van der Waals surface area (Å²) in [4.78, 5) is 34.6. The van der Waals surface area contributed by atoms with Gasteiger partial charge in [0.05, 0.1) is 24.1 Å². The number of anilines is 1. The minimum Gasteiger partial charge on any atom is -0.481 e. The first-order chi connectivity index (χ1) is 11.6. The van der Waals surface area contributed by atoms with Crippen LogP contribution in [0.3, 0.4) is 0 Å². The molecule has 2 amide bonds. The first kappa shape index (κ1) is 17.3. The lowest BCUT2D eigenvalue weighted by Crippen LogP contribution is -2.24. The molecule has 126 valence electrons. The Hall–Kier alpha value is -3.09. The molecule has 24 heavy (non-hydrogen) atoms. The molecule has 0 radical (unpaired) electrons. The van der Waals surface area contributed by atoms with Crippen LogP contribution in [0.4, 0.5) is 5.69 Å². The standard InChI is InChI=1S/C17H18N2O5/c20-15(8-3-9-16(21)22)19-14-7-2-1-6-13(14)17(23)18-11-12-5-4-10-24-12/h1-2,4-7,10H,3,8-9,11H2,(H,18,23)(H,19,20)(H,21,22). The number of aliphatic carboxylic acids is 1. The van der Waals surface area contributed by atoms with E-state index in [9.17, 15) is 14.4 Å². The first-order valence-electron chi connectivity index (χ1n) is 7.47. The second-order valence-electron chi connectivity index (χ2n) is 5.10. The minimum atomic E-state index is -0.944. The monoisotopic (exact) mass is 330 g/mol. The van der Waals surface area contributed by atoms with Gasteiger partial charge in [-0.2, -0.15) is 0 Å². The molecule has 2 rings (SSSR count). The van der Waals surface area contributed by atoms with Gasteiger partial charge in [-0.05, 0) is 30.7 Å². The molecule has 0 atom stereocenters. The first-order valence-corrected chi connectivity index (χ1v) is 7.47. The van der Waals surface area contributed by atoms with Crippen molar-refractivity contribution < 1.29 is 23.9 Å². The summed E-state index contributed by atoms with van der Waals surface area (Å²) >= 11 is 0. The van der Waals surface area contributed by atoms with E-state index in [0.717, 1.165) is 0 Å². The number of amides is 2. The molecular weight excluding hydrogens is 312 g/mol. The molecule has 0 saturated carbocycles. The van der Waals surface area contributed by atoms with Gasteiger partial charge >= 0.3 is 5.97 Å². The molecule has 0 saturated heterocycles. The SMILES string of the molecule is O=C(O)CCCC(=O)Nc1ccccc1C(=O)NCc1ccco1. The molecule has 0 aliphatic rings. The van der Waals surface area contributed by atoms with E-state index >= 15 is 0 Å². The van der Waals surface area contributed by atoms with Crippen molar-refractivity contribution in [2.75, 3.05) is 5.32 Å². The Bertz CT molecular complexity index is 710. The number of carbonyl (C=O) groups is 3. The van der Waals surface area contributed by atoms with Gasteiger partial charge in [-0.3, -0.25) is 14.4 Å². The second-order valence-corrected chi connectivity index (χ2v) is 5.10. The van der Waals surface area contributed by atoms with Crippen molar-refractivity contribution in [3.05, 3.63) is 54.0 Å². The highest BCUT2D eigenvalue weighted by molar-refractivity contribution is 6.03. The number of hydrogen-bond acceptors (Lipinski definition) is 4. The Labute approximate surface area is 138 Å². The average molecular weight is 330 g/mol. The minimum absolute atomic E-state index is 0.0707. The molecule has 0 aliphatic heterocycles. The predicted octanol–water partition coefficient (Wildman–Crippen LogP) is 2.40. The molecule has 0 aliphatic carbocycles. The summed E-state index contributed by atoms with van der Waals surface area (Å²) in [6.45, 7) is 0.243. The zero-order chi connectivity index (χ0) is 17.4. The molecule has 7 nitrogen and oxygen atoms in total. The van der Waals surface area contributed by atoms with Gasteiger partial charge in [0.2, 0.25) is 5.91 Å². The van der Waals surface area contributed by atoms with Crippen molar-refractivity contribution in [1.29, 1.82) is 0 Å². The summed E-state index contributed by atoms with van der Waals surface area (Å²) < 4.78 is 5.15. The third kappa shape index (κ3) is 5.28. The quantitative estimate of drug-likeness (QED) is 0.688. The topological polar surface area (TPSA) is 109 Å². The van der Waals surface area contributed by atoms with Crippen LogP contribution >= 0.6 is 0 Å². The van der Waals surface area contributed by atoms with E-state index in [-0.39, 0.29) is 37.6 Å². The van der Waals surface area contributed by atoms with Crippen molar-refractivity contribution in [2.45, 2.75) is 25.8 Å². The molecule has 0 unspecified atom stereocenters. The lowest BCUT2D eigenvalue weighted by molar-refractivity contribution is -0.137. The maximum atomic E-state index is 12.3. The van der Waals surface area contributed by atoms with E-state index in [2.05, 4.69) is 10.6 Å². The number of carbonyl (C=O) groups excluding carboxylic acids is 2. The maximum absolute atomic E-state index is 12.3. The van der Waals surface area contributed by atoms with Crippen molar-refractivity contribution in [1.82, 2.24) is 5.32 Å². The molecule has 1 heterocycles. The number of rotatable bonds is 8. The van der Waals surface area contributed by atoms with Crippen LogP contribution in [-0.4, -0.2) is 22.9 Å². The van der Waals surface area contributed by atoms with Crippen LogP contribution < -0.4 is 10.6 Å². The molecule has 0 bridgehead atoms. The van der Waals surface area contributed by atoms with Gasteiger partial charge in [0, 0.05) is 12.8 Å². The van der Waals surface area contributed by atoms with Crippen LogP contribution in [0.25, 0.3) is 0 Å². The van der Waals surface area contributed by atoms with Gasteiger partial charge in [-0.15, -0.1) is 0 Å². The summed E-state index contributed by atoms with van der Waals surface area (Å²) in [6.07, 6.45) is 1.77. The summed E-state index contributed by atoms with van der Waals surface area (Å²) in [6, 6.07) is 10.1. The number of furan rings is 1. The fourth-order valence-corrected chi connectivity index (χ4v) is 2.08. The third-order valence-corrected chi connectivity index (χ3v) is 3.24. The van der Waals surface area contributed by atoms with Gasteiger partial charge in [0.1, 0.15) is 5.76 Å². The molecule has 1 aromatic carbocycles.